The molecule has 0 aromatic rings. The summed E-state index contributed by atoms with van der Waals surface area (Å²) in [5.74, 6) is 0.221. The zero-order valence-corrected chi connectivity index (χ0v) is 12.2. The third kappa shape index (κ3) is 2.85. The Morgan fingerprint density at radius 2 is 2.05 bits per heavy atom. The van der Waals surface area contributed by atoms with Gasteiger partial charge in [0.25, 0.3) is 0 Å². The number of hydrogen-bond donors (Lipinski definition) is 0. The molecule has 0 aromatic carbocycles. The molecule has 1 saturated carbocycles. The summed E-state index contributed by atoms with van der Waals surface area (Å²) in [5, 5.41) is 0. The lowest BCUT2D eigenvalue weighted by molar-refractivity contribution is -0.151. The topological polar surface area (TPSA) is 55.8 Å². The second-order valence-electron chi connectivity index (χ2n) is 6.47. The van der Waals surface area contributed by atoms with E-state index in [0.717, 1.165) is 12.8 Å². The van der Waals surface area contributed by atoms with Crippen molar-refractivity contribution in [2.24, 2.45) is 11.3 Å². The van der Waals surface area contributed by atoms with Crippen molar-refractivity contribution in [3.8, 4) is 0 Å². The molecule has 1 aliphatic carbocycles. The number of rotatable bonds is 2. The average molecular weight is 269 g/mol. The zero-order valence-electron chi connectivity index (χ0n) is 12.2. The molecule has 0 bridgehead atoms. The molecule has 2 atom stereocenters. The van der Waals surface area contributed by atoms with Gasteiger partial charge in [0.1, 0.15) is 5.60 Å². The summed E-state index contributed by atoms with van der Waals surface area (Å²) in [5.41, 5.74) is -0.959. The molecule has 2 aliphatic rings. The smallest absolute Gasteiger partial charge is 0.410 e. The number of likely N-dealkylation sites (tertiary alicyclic amines) is 1. The van der Waals surface area contributed by atoms with E-state index in [-0.39, 0.29) is 12.1 Å². The number of amides is 1. The lowest BCUT2D eigenvalue weighted by atomic mass is 9.97. The second kappa shape index (κ2) is 4.69. The van der Waals surface area contributed by atoms with Crippen molar-refractivity contribution in [2.75, 3.05) is 19.7 Å². The van der Waals surface area contributed by atoms with Crippen LogP contribution in [0.3, 0.4) is 0 Å². The normalized spacial score (nSPS) is 29.5. The van der Waals surface area contributed by atoms with Crippen LogP contribution >= 0.6 is 0 Å². The van der Waals surface area contributed by atoms with Crippen molar-refractivity contribution < 1.29 is 19.1 Å². The first-order valence-electron chi connectivity index (χ1n) is 6.93. The number of hydrogen-bond acceptors (Lipinski definition) is 4. The molecule has 2 unspecified atom stereocenters. The van der Waals surface area contributed by atoms with Crippen molar-refractivity contribution in [2.45, 2.75) is 46.1 Å². The molecular weight excluding hydrogens is 246 g/mol. The van der Waals surface area contributed by atoms with Gasteiger partial charge in [0.2, 0.25) is 0 Å². The summed E-state index contributed by atoms with van der Waals surface area (Å²) < 4.78 is 10.5. The highest BCUT2D eigenvalue weighted by molar-refractivity contribution is 5.82. The van der Waals surface area contributed by atoms with Crippen LogP contribution in [-0.4, -0.2) is 42.3 Å². The maximum Gasteiger partial charge on any atom is 0.410 e. The third-order valence-corrected chi connectivity index (χ3v) is 3.79. The van der Waals surface area contributed by atoms with E-state index in [1.165, 1.54) is 0 Å². The van der Waals surface area contributed by atoms with Crippen molar-refractivity contribution in [3.63, 3.8) is 0 Å². The monoisotopic (exact) mass is 269 g/mol. The average Bonchev–Trinajstić information content (AvgIpc) is 3.01. The molecular formula is C14H23NO4. The van der Waals surface area contributed by atoms with Crippen molar-refractivity contribution in [3.05, 3.63) is 0 Å². The first-order chi connectivity index (χ1) is 8.78. The first-order valence-corrected chi connectivity index (χ1v) is 6.93. The minimum atomic E-state index is -0.505. The van der Waals surface area contributed by atoms with Gasteiger partial charge >= 0.3 is 12.1 Å². The van der Waals surface area contributed by atoms with E-state index >= 15 is 0 Å². The van der Waals surface area contributed by atoms with Crippen molar-refractivity contribution >= 4 is 12.1 Å². The highest BCUT2D eigenvalue weighted by atomic mass is 16.6. The van der Waals surface area contributed by atoms with Gasteiger partial charge in [-0.2, -0.15) is 0 Å². The minimum Gasteiger partial charge on any atom is -0.466 e. The number of ether oxygens (including phenoxy) is 2. The van der Waals surface area contributed by atoms with Crippen molar-refractivity contribution in [1.82, 2.24) is 4.90 Å². The van der Waals surface area contributed by atoms with Crippen LogP contribution in [0.25, 0.3) is 0 Å². The minimum absolute atomic E-state index is 0.159. The maximum atomic E-state index is 12.1. The molecule has 1 saturated heterocycles. The first kappa shape index (κ1) is 14.2. The van der Waals surface area contributed by atoms with Crippen molar-refractivity contribution in [1.29, 1.82) is 0 Å². The summed E-state index contributed by atoms with van der Waals surface area (Å²) in [6, 6.07) is 0. The van der Waals surface area contributed by atoms with Crippen LogP contribution in [0, 0.1) is 11.3 Å². The predicted octanol–water partition coefficient (Wildman–Crippen LogP) is 2.20. The molecule has 19 heavy (non-hydrogen) atoms. The Kier molecular flexibility index (Phi) is 3.49. The Labute approximate surface area is 114 Å². The quantitative estimate of drug-likeness (QED) is 0.721. The fourth-order valence-electron chi connectivity index (χ4n) is 2.76. The molecule has 1 amide bonds. The van der Waals surface area contributed by atoms with Gasteiger partial charge in [-0.25, -0.2) is 4.79 Å². The number of esters is 1. The van der Waals surface area contributed by atoms with Crippen LogP contribution in [0.2, 0.25) is 0 Å². The SMILES string of the molecule is CCOC(=O)C12CC1CCN(C(=O)OC(C)(C)C)C2. The van der Waals surface area contributed by atoms with Gasteiger partial charge in [0.15, 0.2) is 0 Å². The summed E-state index contributed by atoms with van der Waals surface area (Å²) in [4.78, 5) is 25.7. The number of fused-ring (bicyclic) bond motifs is 1. The molecule has 1 heterocycles. The highest BCUT2D eigenvalue weighted by Crippen LogP contribution is 2.58. The Morgan fingerprint density at radius 3 is 2.63 bits per heavy atom. The van der Waals surface area contributed by atoms with Crippen LogP contribution in [0.5, 0.6) is 0 Å². The summed E-state index contributed by atoms with van der Waals surface area (Å²) in [6.45, 7) is 8.83. The Hall–Kier alpha value is -1.26. The van der Waals surface area contributed by atoms with Crippen LogP contribution in [0.4, 0.5) is 4.79 Å². The van der Waals surface area contributed by atoms with Gasteiger partial charge < -0.3 is 14.4 Å². The van der Waals surface area contributed by atoms with E-state index in [9.17, 15) is 9.59 Å². The van der Waals surface area contributed by atoms with E-state index < -0.39 is 11.0 Å². The summed E-state index contributed by atoms with van der Waals surface area (Å²) in [7, 11) is 0. The fourth-order valence-corrected chi connectivity index (χ4v) is 2.76. The second-order valence-corrected chi connectivity index (χ2v) is 6.47. The van der Waals surface area contributed by atoms with Gasteiger partial charge in [-0.3, -0.25) is 4.79 Å². The summed E-state index contributed by atoms with van der Waals surface area (Å²) in [6.07, 6.45) is 1.37. The van der Waals surface area contributed by atoms with Crippen LogP contribution in [0.15, 0.2) is 0 Å². The van der Waals surface area contributed by atoms with E-state index in [1.807, 2.05) is 20.8 Å². The van der Waals surface area contributed by atoms with E-state index in [1.54, 1.807) is 11.8 Å². The highest BCUT2D eigenvalue weighted by Gasteiger charge is 2.64. The number of carbonyl (C=O) groups is 2. The third-order valence-electron chi connectivity index (χ3n) is 3.79. The Bertz CT molecular complexity index is 387. The van der Waals surface area contributed by atoms with Gasteiger partial charge in [-0.15, -0.1) is 0 Å². The molecule has 0 spiro atoms. The fraction of sp³-hybridized carbons (Fsp3) is 0.857. The van der Waals surface area contributed by atoms with E-state index in [2.05, 4.69) is 0 Å². The Balaban J connectivity index is 1.99. The van der Waals surface area contributed by atoms with Gasteiger partial charge in [-0.1, -0.05) is 0 Å². The Morgan fingerprint density at radius 1 is 1.37 bits per heavy atom. The molecule has 108 valence electrons. The molecule has 5 heteroatoms. The van der Waals surface area contributed by atoms with Gasteiger partial charge in [-0.05, 0) is 46.5 Å². The zero-order chi connectivity index (χ0) is 14.3. The van der Waals surface area contributed by atoms with Crippen LogP contribution < -0.4 is 0 Å². The maximum absolute atomic E-state index is 12.1. The number of carbonyl (C=O) groups excluding carboxylic acids is 2. The van der Waals surface area contributed by atoms with Crippen LogP contribution in [-0.2, 0) is 14.3 Å². The van der Waals surface area contributed by atoms with E-state index in [0.29, 0.717) is 25.6 Å². The lowest BCUT2D eigenvalue weighted by Gasteiger charge is -2.33. The number of piperidine rings is 1. The largest absolute Gasteiger partial charge is 0.466 e. The molecule has 2 fully saturated rings. The molecule has 0 aromatic heterocycles. The van der Waals surface area contributed by atoms with Gasteiger partial charge in [0, 0.05) is 13.1 Å². The van der Waals surface area contributed by atoms with Crippen LogP contribution in [0.1, 0.15) is 40.5 Å². The predicted molar refractivity (Wildman–Crippen MR) is 69.6 cm³/mol. The lowest BCUT2D eigenvalue weighted by Crippen LogP contribution is -2.46. The van der Waals surface area contributed by atoms with Gasteiger partial charge in [0.05, 0.1) is 12.0 Å². The van der Waals surface area contributed by atoms with E-state index in [4.69, 9.17) is 9.47 Å². The molecule has 1 aliphatic heterocycles. The molecule has 0 radical (unpaired) electrons. The standard InChI is InChI=1S/C14H23NO4/c1-5-18-11(16)14-8-10(14)6-7-15(9-14)12(17)19-13(2,3)4/h10H,5-9H2,1-4H3. The summed E-state index contributed by atoms with van der Waals surface area (Å²) >= 11 is 0. The molecule has 0 N–H and O–H groups in total. The molecule has 5 nitrogen and oxygen atoms in total. The molecule has 2 rings (SSSR count). The number of nitrogens with zero attached hydrogens (tertiary/aromatic N) is 1.